The first-order valence-electron chi connectivity index (χ1n) is 17.0. The van der Waals surface area contributed by atoms with Crippen molar-refractivity contribution in [1.29, 1.82) is 0 Å². The fourth-order valence-electron chi connectivity index (χ4n) is 8.16. The zero-order valence-corrected chi connectivity index (χ0v) is 29.2. The average molecular weight is 816 g/mol. The van der Waals surface area contributed by atoms with Crippen molar-refractivity contribution in [3.05, 3.63) is 168 Å². The maximum absolute atomic E-state index is 11.7. The molecule has 242 valence electrons. The van der Waals surface area contributed by atoms with Crippen LogP contribution in [-0.4, -0.2) is 20.1 Å². The smallest absolute Gasteiger partial charge is 0.128 e. The van der Waals surface area contributed by atoms with Crippen LogP contribution in [0.2, 0.25) is 0 Å². The van der Waals surface area contributed by atoms with Crippen LogP contribution in [0.4, 0.5) is 0 Å². The van der Waals surface area contributed by atoms with Crippen molar-refractivity contribution < 1.29 is 26.2 Å². The number of fused-ring (bicyclic) bond motifs is 4. The first-order chi connectivity index (χ1) is 23.7. The molecule has 0 aliphatic heterocycles. The van der Waals surface area contributed by atoms with E-state index in [9.17, 15) is 5.11 Å². The van der Waals surface area contributed by atoms with Gasteiger partial charge in [-0.25, -0.2) is 0 Å². The van der Waals surface area contributed by atoms with Gasteiger partial charge in [0.25, 0.3) is 0 Å². The van der Waals surface area contributed by atoms with Crippen molar-refractivity contribution in [2.24, 2.45) is 0 Å². The number of phenolic OH excluding ortho intramolecular Hbond substituents is 1. The Labute approximate surface area is 301 Å². The van der Waals surface area contributed by atoms with Gasteiger partial charge in [-0.05, 0) is 70.8 Å². The minimum atomic E-state index is -0.757. The molecule has 1 saturated carbocycles. The first-order valence-corrected chi connectivity index (χ1v) is 17.0. The van der Waals surface area contributed by atoms with E-state index in [4.69, 9.17) is 15.0 Å². The van der Waals surface area contributed by atoms with Gasteiger partial charge in [-0.2, -0.15) is 0 Å². The zero-order chi connectivity index (χ0) is 32.1. The van der Waals surface area contributed by atoms with Gasteiger partial charge in [0.2, 0.25) is 0 Å². The van der Waals surface area contributed by atoms with Crippen LogP contribution in [0.15, 0.2) is 134 Å². The van der Waals surface area contributed by atoms with Gasteiger partial charge in [-0.15, -0.1) is 35.4 Å². The van der Waals surface area contributed by atoms with E-state index in [2.05, 4.69) is 91.0 Å². The Kier molecular flexibility index (Phi) is 8.21. The van der Waals surface area contributed by atoms with Crippen LogP contribution in [-0.2, 0) is 26.5 Å². The topological polar surface area (TPSA) is 58.9 Å². The van der Waals surface area contributed by atoms with Crippen LogP contribution in [0, 0.1) is 6.07 Å². The van der Waals surface area contributed by atoms with Crippen molar-refractivity contribution in [2.75, 3.05) is 0 Å². The van der Waals surface area contributed by atoms with Crippen molar-refractivity contribution in [3.63, 3.8) is 0 Å². The summed E-state index contributed by atoms with van der Waals surface area (Å²) < 4.78 is 0. The third kappa shape index (κ3) is 5.13. The van der Waals surface area contributed by atoms with Gasteiger partial charge < -0.3 is 5.11 Å². The number of hydrogen-bond donors (Lipinski definition) is 1. The molecule has 9 rings (SSSR count). The normalized spacial score (nSPS) is 14.9. The molecule has 1 N–H and O–H groups in total. The summed E-state index contributed by atoms with van der Waals surface area (Å²) in [6.45, 7) is 0. The fourth-order valence-corrected chi connectivity index (χ4v) is 8.16. The predicted molar refractivity (Wildman–Crippen MR) is 192 cm³/mol. The molecule has 0 radical (unpaired) electrons. The molecule has 4 nitrogen and oxygen atoms in total. The molecule has 0 amide bonds. The number of pyridine rings is 1. The molecule has 0 spiro atoms. The number of nitrogens with zero attached hydrogens (tertiary/aromatic N) is 3. The number of para-hydroxylation sites is 2. The monoisotopic (exact) mass is 815 g/mol. The molecule has 0 saturated heterocycles. The van der Waals surface area contributed by atoms with E-state index in [1.807, 2.05) is 48.7 Å². The summed E-state index contributed by atoms with van der Waals surface area (Å²) >= 11 is 0. The molecule has 0 bridgehead atoms. The Hall–Kier alpha value is -4.92. The van der Waals surface area contributed by atoms with Crippen LogP contribution in [0.5, 0.6) is 5.75 Å². The van der Waals surface area contributed by atoms with Crippen molar-refractivity contribution in [1.82, 2.24) is 15.0 Å². The van der Waals surface area contributed by atoms with Gasteiger partial charge in [0.15, 0.2) is 0 Å². The van der Waals surface area contributed by atoms with Crippen LogP contribution in [0.25, 0.3) is 44.7 Å². The number of aromatic hydroxyl groups is 1. The minimum Gasteiger partial charge on any atom is -0.507 e. The number of phenols is 1. The van der Waals surface area contributed by atoms with E-state index in [0.717, 1.165) is 68.5 Å². The van der Waals surface area contributed by atoms with E-state index in [0.29, 0.717) is 17.5 Å². The van der Waals surface area contributed by atoms with Crippen molar-refractivity contribution in [2.45, 2.75) is 43.4 Å². The van der Waals surface area contributed by atoms with E-state index in [1.54, 1.807) is 0 Å². The van der Waals surface area contributed by atoms with Crippen molar-refractivity contribution >= 4 is 10.9 Å². The summed E-state index contributed by atoms with van der Waals surface area (Å²) in [5.74, 6) is 1.38. The molecular weight excluding hydrogens is 782 g/mol. The first kappa shape index (κ1) is 31.4. The van der Waals surface area contributed by atoms with Gasteiger partial charge in [-0.3, -0.25) is 15.0 Å². The van der Waals surface area contributed by atoms with E-state index < -0.39 is 5.41 Å². The molecule has 49 heavy (non-hydrogen) atoms. The summed E-state index contributed by atoms with van der Waals surface area (Å²) in [6.07, 6.45) is 7.82. The molecule has 5 aromatic carbocycles. The van der Waals surface area contributed by atoms with Gasteiger partial charge >= 0.3 is 0 Å². The van der Waals surface area contributed by atoms with Crippen LogP contribution in [0.1, 0.15) is 66.0 Å². The molecule has 5 heteroatoms. The molecule has 0 unspecified atom stereocenters. The SMILES string of the molecule is Oc1c(-c2cccc(C3(c4[c-]c(-c5ncc6ccccc6n5)ccc4)c4ccccc4-c4ccccc43)n2)cccc1C1CCCCC1.[Pt]. The number of benzene rings is 5. The Bertz CT molecular complexity index is 2280. The van der Waals surface area contributed by atoms with E-state index in [-0.39, 0.29) is 21.1 Å². The summed E-state index contributed by atoms with van der Waals surface area (Å²) in [5, 5.41) is 12.7. The van der Waals surface area contributed by atoms with E-state index in [1.165, 1.54) is 30.4 Å². The summed E-state index contributed by atoms with van der Waals surface area (Å²) in [7, 11) is 0. The average Bonchev–Trinajstić information content (AvgIpc) is 3.46. The molecule has 2 aromatic heterocycles. The molecule has 2 heterocycles. The number of rotatable bonds is 5. The summed E-state index contributed by atoms with van der Waals surface area (Å²) in [6, 6.07) is 47.8. The Morgan fingerprint density at radius 2 is 1.31 bits per heavy atom. The number of aromatic nitrogens is 3. The summed E-state index contributed by atoms with van der Waals surface area (Å²) in [5.41, 5.74) is 10.1. The zero-order valence-electron chi connectivity index (χ0n) is 26.9. The Morgan fingerprint density at radius 1 is 0.633 bits per heavy atom. The summed E-state index contributed by atoms with van der Waals surface area (Å²) in [4.78, 5) is 15.1. The largest absolute Gasteiger partial charge is 0.507 e. The minimum absolute atomic E-state index is 0. The molecule has 2 aliphatic rings. The van der Waals surface area contributed by atoms with Crippen molar-refractivity contribution in [3.8, 4) is 39.5 Å². The predicted octanol–water partition coefficient (Wildman–Crippen LogP) is 10.3. The fraction of sp³-hybridized carbons (Fsp3) is 0.159. The molecular formula is C44H34N3OPt-. The van der Waals surface area contributed by atoms with Gasteiger partial charge in [0.05, 0.1) is 28.1 Å². The Morgan fingerprint density at radius 3 is 2.10 bits per heavy atom. The number of hydrogen-bond acceptors (Lipinski definition) is 4. The molecule has 1 fully saturated rings. The third-order valence-electron chi connectivity index (χ3n) is 10.4. The van der Waals surface area contributed by atoms with E-state index >= 15 is 0 Å². The van der Waals surface area contributed by atoms with Gasteiger partial charge in [0, 0.05) is 38.2 Å². The Balaban J connectivity index is 0.00000348. The second-order valence-corrected chi connectivity index (χ2v) is 13.1. The second kappa shape index (κ2) is 12.8. The molecule has 2 aliphatic carbocycles. The maximum atomic E-state index is 11.7. The second-order valence-electron chi connectivity index (χ2n) is 13.1. The molecule has 0 atom stereocenters. The van der Waals surface area contributed by atoms with Crippen LogP contribution >= 0.6 is 0 Å². The van der Waals surface area contributed by atoms with Crippen LogP contribution in [0.3, 0.4) is 0 Å². The van der Waals surface area contributed by atoms with Crippen LogP contribution < -0.4 is 0 Å². The quantitative estimate of drug-likeness (QED) is 0.176. The van der Waals surface area contributed by atoms with Gasteiger partial charge in [0.1, 0.15) is 5.75 Å². The molecule has 7 aromatic rings. The maximum Gasteiger partial charge on any atom is 0.128 e. The standard InChI is InChI=1S/C44H34N3O.Pt/c48-42-33(29-13-2-1-3-14-29)20-11-21-36(42)40-25-12-26-41(46-40)44(37-22-7-5-18-34(37)35-19-6-8-23-38(35)44)32-17-10-16-30(27-32)43-45-28-31-15-4-9-24-39(31)47-43;/h4-12,15-26,28-29,48H,1-3,13-14H2;/q-1;. The third-order valence-corrected chi connectivity index (χ3v) is 10.4. The van der Waals surface area contributed by atoms with Gasteiger partial charge in [-0.1, -0.05) is 104 Å².